The normalized spacial score (nSPS) is 17.5. The minimum atomic E-state index is 0.613. The van der Waals surface area contributed by atoms with Crippen LogP contribution in [-0.2, 0) is 0 Å². The van der Waals surface area contributed by atoms with Gasteiger partial charge in [-0.15, -0.1) is 0 Å². The van der Waals surface area contributed by atoms with Gasteiger partial charge in [0, 0.05) is 11.6 Å². The van der Waals surface area contributed by atoms with Crippen LogP contribution in [0.2, 0.25) is 0 Å². The van der Waals surface area contributed by atoms with E-state index >= 15 is 0 Å². The smallest absolute Gasteiger partial charge is 0.0582 e. The third kappa shape index (κ3) is 3.91. The van der Waals surface area contributed by atoms with Crippen LogP contribution in [0.4, 0.5) is 0 Å². The molecule has 1 nitrogen and oxygen atoms in total. The Bertz CT molecular complexity index is 379. The van der Waals surface area contributed by atoms with Crippen LogP contribution >= 0.6 is 0 Å². The number of benzene rings is 1. The summed E-state index contributed by atoms with van der Waals surface area (Å²) in [5, 5.41) is 3.52. The zero-order chi connectivity index (χ0) is 11.9. The highest BCUT2D eigenvalue weighted by molar-refractivity contribution is 5.33. The van der Waals surface area contributed by atoms with E-state index in [0.717, 1.165) is 18.0 Å². The highest BCUT2D eigenvalue weighted by Gasteiger charge is 2.20. The molecular weight excluding hydrogens is 206 g/mol. The van der Waals surface area contributed by atoms with Gasteiger partial charge in [-0.2, -0.15) is 0 Å². The van der Waals surface area contributed by atoms with Gasteiger partial charge in [-0.1, -0.05) is 42.9 Å². The van der Waals surface area contributed by atoms with E-state index in [0.29, 0.717) is 6.04 Å². The quantitative estimate of drug-likeness (QED) is 0.782. The molecule has 1 aromatic carbocycles. The van der Waals surface area contributed by atoms with Gasteiger partial charge in [0.05, 0.1) is 6.54 Å². The van der Waals surface area contributed by atoms with Crippen LogP contribution in [0.25, 0.3) is 0 Å². The Morgan fingerprint density at radius 2 is 1.94 bits per heavy atom. The zero-order valence-corrected chi connectivity index (χ0v) is 10.6. The molecule has 0 aromatic heterocycles. The molecule has 1 heteroatoms. The fourth-order valence-corrected chi connectivity index (χ4v) is 2.50. The molecule has 0 amide bonds. The molecular formula is C16H21N. The molecule has 0 radical (unpaired) electrons. The second-order valence-electron chi connectivity index (χ2n) is 4.88. The van der Waals surface area contributed by atoms with Crippen molar-refractivity contribution in [2.45, 2.75) is 38.6 Å². The molecule has 0 spiro atoms. The minimum absolute atomic E-state index is 0.613. The van der Waals surface area contributed by atoms with E-state index in [-0.39, 0.29) is 0 Å². The van der Waals surface area contributed by atoms with E-state index in [1.54, 1.807) is 0 Å². The van der Waals surface area contributed by atoms with Crippen LogP contribution in [0.3, 0.4) is 0 Å². The summed E-state index contributed by atoms with van der Waals surface area (Å²) in [6.07, 6.45) is 5.60. The molecule has 1 aliphatic rings. The van der Waals surface area contributed by atoms with Crippen LogP contribution in [-0.4, -0.2) is 12.6 Å². The van der Waals surface area contributed by atoms with Crippen LogP contribution < -0.4 is 5.32 Å². The van der Waals surface area contributed by atoms with Crippen LogP contribution in [0, 0.1) is 17.8 Å². The molecule has 1 saturated carbocycles. The fraction of sp³-hybridized carbons (Fsp3) is 0.500. The molecule has 17 heavy (non-hydrogen) atoms. The van der Waals surface area contributed by atoms with Crippen molar-refractivity contribution >= 4 is 0 Å². The van der Waals surface area contributed by atoms with Crippen molar-refractivity contribution in [3.63, 3.8) is 0 Å². The second kappa shape index (κ2) is 6.47. The Balaban J connectivity index is 1.74. The highest BCUT2D eigenvalue weighted by atomic mass is 14.9. The molecule has 0 saturated heterocycles. The SMILES string of the molecule is C[C@H](NCC#Cc1ccccc1)C1CCCC1. The summed E-state index contributed by atoms with van der Waals surface area (Å²) in [5.41, 5.74) is 1.10. The molecule has 1 aromatic rings. The van der Waals surface area contributed by atoms with Crippen LogP contribution in [0.1, 0.15) is 38.2 Å². The first-order valence-corrected chi connectivity index (χ1v) is 6.63. The Hall–Kier alpha value is -1.26. The molecule has 0 heterocycles. The van der Waals surface area contributed by atoms with E-state index < -0.39 is 0 Å². The summed E-state index contributed by atoms with van der Waals surface area (Å²) in [5.74, 6) is 7.24. The van der Waals surface area contributed by atoms with Gasteiger partial charge < -0.3 is 5.32 Å². The Morgan fingerprint density at radius 1 is 1.24 bits per heavy atom. The van der Waals surface area contributed by atoms with E-state index in [1.807, 2.05) is 30.3 Å². The first kappa shape index (κ1) is 12.2. The fourth-order valence-electron chi connectivity index (χ4n) is 2.50. The van der Waals surface area contributed by atoms with Crippen LogP contribution in [0.5, 0.6) is 0 Å². The van der Waals surface area contributed by atoms with Crippen molar-refractivity contribution in [3.05, 3.63) is 35.9 Å². The van der Waals surface area contributed by atoms with Gasteiger partial charge >= 0.3 is 0 Å². The predicted octanol–water partition coefficient (Wildman–Crippen LogP) is 3.21. The summed E-state index contributed by atoms with van der Waals surface area (Å²) in [7, 11) is 0. The van der Waals surface area contributed by atoms with Gasteiger partial charge in [0.1, 0.15) is 0 Å². The molecule has 0 unspecified atom stereocenters. The Morgan fingerprint density at radius 3 is 2.65 bits per heavy atom. The topological polar surface area (TPSA) is 12.0 Å². The lowest BCUT2D eigenvalue weighted by Gasteiger charge is -2.18. The highest BCUT2D eigenvalue weighted by Crippen LogP contribution is 2.27. The molecule has 1 atom stereocenters. The lowest BCUT2D eigenvalue weighted by molar-refractivity contribution is 0.396. The van der Waals surface area contributed by atoms with E-state index in [4.69, 9.17) is 0 Å². The van der Waals surface area contributed by atoms with Gasteiger partial charge in [-0.25, -0.2) is 0 Å². The predicted molar refractivity (Wildman–Crippen MR) is 72.7 cm³/mol. The monoisotopic (exact) mass is 227 g/mol. The average molecular weight is 227 g/mol. The Labute approximate surface area is 105 Å². The van der Waals surface area contributed by atoms with Gasteiger partial charge in [0.2, 0.25) is 0 Å². The maximum atomic E-state index is 3.52. The van der Waals surface area contributed by atoms with E-state index in [1.165, 1.54) is 25.7 Å². The van der Waals surface area contributed by atoms with Gasteiger partial charge in [0.25, 0.3) is 0 Å². The van der Waals surface area contributed by atoms with Crippen molar-refractivity contribution < 1.29 is 0 Å². The van der Waals surface area contributed by atoms with Crippen molar-refractivity contribution in [3.8, 4) is 11.8 Å². The lowest BCUT2D eigenvalue weighted by atomic mass is 10.00. The van der Waals surface area contributed by atoms with Gasteiger partial charge in [-0.05, 0) is 37.8 Å². The lowest BCUT2D eigenvalue weighted by Crippen LogP contribution is -2.32. The van der Waals surface area contributed by atoms with E-state index in [2.05, 4.69) is 24.1 Å². The summed E-state index contributed by atoms with van der Waals surface area (Å²) in [6, 6.07) is 10.8. The summed E-state index contributed by atoms with van der Waals surface area (Å²) in [6.45, 7) is 3.09. The largest absolute Gasteiger partial charge is 0.303 e. The average Bonchev–Trinajstić information content (AvgIpc) is 2.89. The number of hydrogen-bond donors (Lipinski definition) is 1. The molecule has 1 N–H and O–H groups in total. The first-order valence-electron chi connectivity index (χ1n) is 6.63. The summed E-state index contributed by atoms with van der Waals surface area (Å²) >= 11 is 0. The van der Waals surface area contributed by atoms with Crippen LogP contribution in [0.15, 0.2) is 30.3 Å². The van der Waals surface area contributed by atoms with Gasteiger partial charge in [0.15, 0.2) is 0 Å². The summed E-state index contributed by atoms with van der Waals surface area (Å²) in [4.78, 5) is 0. The van der Waals surface area contributed by atoms with Crippen molar-refractivity contribution in [1.82, 2.24) is 5.32 Å². The van der Waals surface area contributed by atoms with Crippen molar-refractivity contribution in [2.75, 3.05) is 6.54 Å². The van der Waals surface area contributed by atoms with Crippen molar-refractivity contribution in [2.24, 2.45) is 5.92 Å². The third-order valence-electron chi connectivity index (χ3n) is 3.63. The maximum Gasteiger partial charge on any atom is 0.0582 e. The molecule has 0 bridgehead atoms. The zero-order valence-electron chi connectivity index (χ0n) is 10.6. The molecule has 90 valence electrons. The van der Waals surface area contributed by atoms with Crippen molar-refractivity contribution in [1.29, 1.82) is 0 Å². The molecule has 0 aliphatic heterocycles. The summed E-state index contributed by atoms with van der Waals surface area (Å²) < 4.78 is 0. The molecule has 2 rings (SSSR count). The van der Waals surface area contributed by atoms with Gasteiger partial charge in [-0.3, -0.25) is 0 Å². The maximum absolute atomic E-state index is 3.52. The standard InChI is InChI=1S/C16H21N/c1-14(16-11-5-6-12-16)17-13-7-10-15-8-3-2-4-9-15/h2-4,8-9,14,16-17H,5-6,11-13H2,1H3/t14-/m0/s1. The minimum Gasteiger partial charge on any atom is -0.303 e. The molecule has 1 fully saturated rings. The van der Waals surface area contributed by atoms with E-state index in [9.17, 15) is 0 Å². The third-order valence-corrected chi connectivity index (χ3v) is 3.63. The number of hydrogen-bond acceptors (Lipinski definition) is 1. The first-order chi connectivity index (χ1) is 8.36. The number of nitrogens with one attached hydrogen (secondary N) is 1. The molecule has 1 aliphatic carbocycles. The number of rotatable bonds is 3. The Kier molecular flexibility index (Phi) is 4.64. The second-order valence-corrected chi connectivity index (χ2v) is 4.88.